The van der Waals surface area contributed by atoms with Crippen molar-refractivity contribution in [3.05, 3.63) is 23.7 Å². The third kappa shape index (κ3) is 1.77. The highest BCUT2D eigenvalue weighted by molar-refractivity contribution is 6.33. The highest BCUT2D eigenvalue weighted by Crippen LogP contribution is 2.44. The average molecular weight is 294 g/mol. The van der Waals surface area contributed by atoms with Crippen LogP contribution in [0.3, 0.4) is 0 Å². The molecule has 5 nitrogen and oxygen atoms in total. The van der Waals surface area contributed by atoms with E-state index in [0.717, 1.165) is 23.9 Å². The fraction of sp³-hybridized carbons (Fsp3) is 0.571. The molecule has 1 saturated carbocycles. The van der Waals surface area contributed by atoms with Crippen molar-refractivity contribution in [1.29, 1.82) is 0 Å². The Labute approximate surface area is 121 Å². The van der Waals surface area contributed by atoms with Gasteiger partial charge in [0.25, 0.3) is 0 Å². The van der Waals surface area contributed by atoms with E-state index < -0.39 is 5.79 Å². The fourth-order valence-electron chi connectivity index (χ4n) is 3.42. The summed E-state index contributed by atoms with van der Waals surface area (Å²) in [5.74, 6) is -0.496. The molecule has 0 N–H and O–H groups in total. The lowest BCUT2D eigenvalue weighted by Gasteiger charge is -2.23. The van der Waals surface area contributed by atoms with Crippen molar-refractivity contribution in [3.8, 4) is 0 Å². The van der Waals surface area contributed by atoms with Gasteiger partial charge in [-0.05, 0) is 32.8 Å². The molecular formula is C14H16ClN3O2. The minimum Gasteiger partial charge on any atom is -0.344 e. The summed E-state index contributed by atoms with van der Waals surface area (Å²) in [4.78, 5) is 8.39. The second-order valence-electron chi connectivity index (χ2n) is 5.91. The molecule has 0 radical (unpaired) electrons. The Kier molecular flexibility index (Phi) is 2.61. The molecule has 6 heteroatoms. The maximum atomic E-state index is 6.11. The van der Waals surface area contributed by atoms with Crippen LogP contribution in [-0.2, 0) is 9.47 Å². The van der Waals surface area contributed by atoms with Gasteiger partial charge in [-0.25, -0.2) is 9.97 Å². The number of halogens is 1. The average Bonchev–Trinajstić information content (AvgIpc) is 3.01. The summed E-state index contributed by atoms with van der Waals surface area (Å²) in [5, 5.41) is 1.38. The summed E-state index contributed by atoms with van der Waals surface area (Å²) in [6.07, 6.45) is 5.81. The second-order valence-corrected chi connectivity index (χ2v) is 6.27. The van der Waals surface area contributed by atoms with Crippen molar-refractivity contribution in [1.82, 2.24) is 14.5 Å². The SMILES string of the molecule is CC1(C)O[C@H]2[C@H](n3ccc4c(Cl)ncnc43)CC[C@H]2O1. The Bertz CT molecular complexity index is 669. The number of ether oxygens (including phenoxy) is 2. The van der Waals surface area contributed by atoms with Crippen LogP contribution < -0.4 is 0 Å². The summed E-state index contributed by atoms with van der Waals surface area (Å²) in [5.41, 5.74) is 0.865. The molecule has 0 aromatic carbocycles. The maximum Gasteiger partial charge on any atom is 0.163 e. The molecule has 2 aromatic heterocycles. The summed E-state index contributed by atoms with van der Waals surface area (Å²) in [7, 11) is 0. The Balaban J connectivity index is 1.75. The maximum absolute atomic E-state index is 6.11. The van der Waals surface area contributed by atoms with E-state index in [-0.39, 0.29) is 18.2 Å². The predicted octanol–water partition coefficient (Wildman–Crippen LogP) is 2.94. The second kappa shape index (κ2) is 4.16. The summed E-state index contributed by atoms with van der Waals surface area (Å²) in [6.45, 7) is 3.93. The molecule has 1 saturated heterocycles. The van der Waals surface area contributed by atoms with E-state index in [1.165, 1.54) is 6.33 Å². The molecule has 106 valence electrons. The molecule has 20 heavy (non-hydrogen) atoms. The summed E-state index contributed by atoms with van der Waals surface area (Å²) >= 11 is 6.11. The van der Waals surface area contributed by atoms with Gasteiger partial charge in [-0.1, -0.05) is 11.6 Å². The lowest BCUT2D eigenvalue weighted by molar-refractivity contribution is -0.155. The number of hydrogen-bond acceptors (Lipinski definition) is 4. The number of aromatic nitrogens is 3. The Morgan fingerprint density at radius 1 is 1.30 bits per heavy atom. The van der Waals surface area contributed by atoms with Crippen LogP contribution in [0.5, 0.6) is 0 Å². The third-order valence-electron chi connectivity index (χ3n) is 4.17. The Hall–Kier alpha value is -1.17. The molecule has 3 heterocycles. The molecular weight excluding hydrogens is 278 g/mol. The first-order valence-corrected chi connectivity index (χ1v) is 7.26. The highest BCUT2D eigenvalue weighted by atomic mass is 35.5. The lowest BCUT2D eigenvalue weighted by Crippen LogP contribution is -2.27. The van der Waals surface area contributed by atoms with Crippen molar-refractivity contribution in [2.75, 3.05) is 0 Å². The van der Waals surface area contributed by atoms with E-state index in [0.29, 0.717) is 5.15 Å². The van der Waals surface area contributed by atoms with Crippen LogP contribution in [0.4, 0.5) is 0 Å². The molecule has 1 aliphatic heterocycles. The van der Waals surface area contributed by atoms with Crippen LogP contribution in [0, 0.1) is 0 Å². The Morgan fingerprint density at radius 2 is 2.15 bits per heavy atom. The Morgan fingerprint density at radius 3 is 3.00 bits per heavy atom. The lowest BCUT2D eigenvalue weighted by atomic mass is 10.2. The van der Waals surface area contributed by atoms with E-state index in [2.05, 4.69) is 14.5 Å². The van der Waals surface area contributed by atoms with Crippen molar-refractivity contribution in [2.24, 2.45) is 0 Å². The normalized spacial score (nSPS) is 31.9. The van der Waals surface area contributed by atoms with E-state index in [4.69, 9.17) is 21.1 Å². The van der Waals surface area contributed by atoms with Crippen LogP contribution in [-0.4, -0.2) is 32.5 Å². The fourth-order valence-corrected chi connectivity index (χ4v) is 3.61. The smallest absolute Gasteiger partial charge is 0.163 e. The number of fused-ring (bicyclic) bond motifs is 2. The van der Waals surface area contributed by atoms with Gasteiger partial charge < -0.3 is 14.0 Å². The van der Waals surface area contributed by atoms with Gasteiger partial charge in [0.05, 0.1) is 17.5 Å². The molecule has 4 rings (SSSR count). The van der Waals surface area contributed by atoms with Crippen LogP contribution in [0.2, 0.25) is 5.15 Å². The van der Waals surface area contributed by atoms with Crippen molar-refractivity contribution in [3.63, 3.8) is 0 Å². The third-order valence-corrected chi connectivity index (χ3v) is 4.47. The first-order valence-electron chi connectivity index (χ1n) is 6.88. The molecule has 0 bridgehead atoms. The predicted molar refractivity (Wildman–Crippen MR) is 74.6 cm³/mol. The van der Waals surface area contributed by atoms with Crippen LogP contribution in [0.15, 0.2) is 18.6 Å². The van der Waals surface area contributed by atoms with Crippen LogP contribution in [0.1, 0.15) is 32.7 Å². The van der Waals surface area contributed by atoms with Gasteiger partial charge >= 0.3 is 0 Å². The van der Waals surface area contributed by atoms with Gasteiger partial charge in [0.2, 0.25) is 0 Å². The molecule has 2 aromatic rings. The molecule has 0 amide bonds. The zero-order chi connectivity index (χ0) is 13.9. The first kappa shape index (κ1) is 12.6. The van der Waals surface area contributed by atoms with Crippen LogP contribution in [0.25, 0.3) is 11.0 Å². The largest absolute Gasteiger partial charge is 0.344 e. The quantitative estimate of drug-likeness (QED) is 0.759. The molecule has 2 fully saturated rings. The van der Waals surface area contributed by atoms with Crippen molar-refractivity contribution in [2.45, 2.75) is 50.7 Å². The van der Waals surface area contributed by atoms with Gasteiger partial charge in [0.15, 0.2) is 5.79 Å². The van der Waals surface area contributed by atoms with E-state index in [1.54, 1.807) is 0 Å². The van der Waals surface area contributed by atoms with E-state index >= 15 is 0 Å². The van der Waals surface area contributed by atoms with E-state index in [1.807, 2.05) is 26.1 Å². The molecule has 0 spiro atoms. The zero-order valence-corrected chi connectivity index (χ0v) is 12.2. The van der Waals surface area contributed by atoms with Gasteiger partial charge in [-0.2, -0.15) is 0 Å². The number of nitrogens with zero attached hydrogens (tertiary/aromatic N) is 3. The highest BCUT2D eigenvalue weighted by Gasteiger charge is 2.49. The van der Waals surface area contributed by atoms with Crippen molar-refractivity contribution >= 4 is 22.6 Å². The zero-order valence-electron chi connectivity index (χ0n) is 11.4. The summed E-state index contributed by atoms with van der Waals surface area (Å²) < 4.78 is 14.2. The molecule has 1 aliphatic carbocycles. The van der Waals surface area contributed by atoms with Crippen molar-refractivity contribution < 1.29 is 9.47 Å². The number of hydrogen-bond donors (Lipinski definition) is 0. The van der Waals surface area contributed by atoms with E-state index in [9.17, 15) is 0 Å². The molecule has 2 aliphatic rings. The monoisotopic (exact) mass is 293 g/mol. The minimum absolute atomic E-state index is 0.0781. The molecule has 3 atom stereocenters. The topological polar surface area (TPSA) is 49.2 Å². The molecule has 0 unspecified atom stereocenters. The van der Waals surface area contributed by atoms with Gasteiger partial charge in [0.1, 0.15) is 23.2 Å². The van der Waals surface area contributed by atoms with Gasteiger partial charge in [0, 0.05) is 6.20 Å². The summed E-state index contributed by atoms with van der Waals surface area (Å²) in [6, 6.07) is 2.21. The first-order chi connectivity index (χ1) is 9.55. The van der Waals surface area contributed by atoms with Gasteiger partial charge in [-0.15, -0.1) is 0 Å². The van der Waals surface area contributed by atoms with Gasteiger partial charge in [-0.3, -0.25) is 0 Å². The number of rotatable bonds is 1. The van der Waals surface area contributed by atoms with Crippen LogP contribution >= 0.6 is 11.6 Å². The minimum atomic E-state index is -0.496. The standard InChI is InChI=1S/C14H16ClN3O2/c1-14(2)19-10-4-3-9(11(10)20-14)18-6-5-8-12(15)16-7-17-13(8)18/h5-7,9-11H,3-4H2,1-2H3/t9-,10-,11+/m1/s1.